The van der Waals surface area contributed by atoms with E-state index in [9.17, 15) is 44.1 Å². The summed E-state index contributed by atoms with van der Waals surface area (Å²) in [7, 11) is 0. The molecule has 15 nitrogen and oxygen atoms in total. The Morgan fingerprint density at radius 3 is 1.84 bits per heavy atom. The van der Waals surface area contributed by atoms with E-state index >= 15 is 0 Å². The Morgan fingerprint density at radius 2 is 1.35 bits per heavy atom. The molecule has 37 heavy (non-hydrogen) atoms. The van der Waals surface area contributed by atoms with E-state index in [2.05, 4.69) is 16.0 Å². The van der Waals surface area contributed by atoms with Gasteiger partial charge in [0.05, 0.1) is 12.5 Å². The van der Waals surface area contributed by atoms with Crippen molar-refractivity contribution >= 4 is 35.5 Å². The summed E-state index contributed by atoms with van der Waals surface area (Å²) in [5, 5.41) is 35.1. The van der Waals surface area contributed by atoms with Crippen LogP contribution in [0.15, 0.2) is 24.3 Å². The number of hydrogen-bond donors (Lipinski definition) is 9. The number of primary amides is 2. The topological polar surface area (TPSA) is 277 Å². The summed E-state index contributed by atoms with van der Waals surface area (Å²) in [6, 6.07) is -0.408. The number of aliphatic hydroxyl groups excluding tert-OH is 1. The molecule has 0 heterocycles. The van der Waals surface area contributed by atoms with E-state index in [0.717, 1.165) is 0 Å². The van der Waals surface area contributed by atoms with Gasteiger partial charge in [-0.2, -0.15) is 0 Å². The Morgan fingerprint density at radius 1 is 0.838 bits per heavy atom. The Labute approximate surface area is 211 Å². The van der Waals surface area contributed by atoms with Crippen LogP contribution in [0.1, 0.15) is 31.7 Å². The summed E-state index contributed by atoms with van der Waals surface area (Å²) in [4.78, 5) is 72.4. The Balaban J connectivity index is 3.06. The van der Waals surface area contributed by atoms with Crippen LogP contribution in [0, 0.1) is 0 Å². The highest BCUT2D eigenvalue weighted by Crippen LogP contribution is 2.12. The Kier molecular flexibility index (Phi) is 11.9. The van der Waals surface area contributed by atoms with Crippen molar-refractivity contribution in [2.45, 2.75) is 62.9 Å². The van der Waals surface area contributed by atoms with Crippen LogP contribution in [0.2, 0.25) is 0 Å². The number of rotatable bonds is 15. The molecule has 0 unspecified atom stereocenters. The molecule has 0 aromatic heterocycles. The number of carboxylic acid groups (broad SMARTS) is 1. The van der Waals surface area contributed by atoms with Gasteiger partial charge >= 0.3 is 5.97 Å². The van der Waals surface area contributed by atoms with Gasteiger partial charge in [0.15, 0.2) is 0 Å². The minimum Gasteiger partial charge on any atom is -0.508 e. The van der Waals surface area contributed by atoms with E-state index in [-0.39, 0.29) is 25.0 Å². The molecule has 204 valence electrons. The first-order valence-corrected chi connectivity index (χ1v) is 11.1. The molecule has 5 atom stereocenters. The second-order valence-corrected chi connectivity index (χ2v) is 8.33. The van der Waals surface area contributed by atoms with Crippen LogP contribution >= 0.6 is 0 Å². The third-order valence-corrected chi connectivity index (χ3v) is 5.16. The van der Waals surface area contributed by atoms with Crippen molar-refractivity contribution < 1.29 is 44.1 Å². The van der Waals surface area contributed by atoms with E-state index < -0.39 is 72.2 Å². The lowest BCUT2D eigenvalue weighted by molar-refractivity contribution is -0.142. The van der Waals surface area contributed by atoms with Crippen LogP contribution in [0.25, 0.3) is 0 Å². The van der Waals surface area contributed by atoms with E-state index in [1.807, 2.05) is 0 Å². The monoisotopic (exact) mass is 524 g/mol. The SMILES string of the molecule is C[C@@H](O)[C@H](N)C(=O)N[C@@H](CCC(N)=O)C(=O)N[C@@H](CC(N)=O)C(=O)N[C@@H](Cc1ccc(O)cc1)C(=O)O. The Hall–Kier alpha value is -4.24. The number of aliphatic hydroxyl groups is 1. The maximum Gasteiger partial charge on any atom is 0.326 e. The molecule has 15 heteroatoms. The lowest BCUT2D eigenvalue weighted by Gasteiger charge is -2.25. The van der Waals surface area contributed by atoms with Crippen LogP contribution in [0.3, 0.4) is 0 Å². The third-order valence-electron chi connectivity index (χ3n) is 5.16. The number of benzene rings is 1. The molecule has 0 aliphatic heterocycles. The first kappa shape index (κ1) is 30.8. The van der Waals surface area contributed by atoms with Crippen LogP contribution in [-0.2, 0) is 35.2 Å². The average Bonchev–Trinajstić information content (AvgIpc) is 2.80. The Bertz CT molecular complexity index is 999. The lowest BCUT2D eigenvalue weighted by Crippen LogP contribution is -2.58. The predicted octanol–water partition coefficient (Wildman–Crippen LogP) is -3.68. The van der Waals surface area contributed by atoms with Crippen LogP contribution in [-0.4, -0.2) is 81.1 Å². The van der Waals surface area contributed by atoms with Gasteiger partial charge in [0.2, 0.25) is 29.5 Å². The van der Waals surface area contributed by atoms with Crippen molar-refractivity contribution in [3.8, 4) is 5.75 Å². The van der Waals surface area contributed by atoms with Gasteiger partial charge in [-0.05, 0) is 31.0 Å². The zero-order valence-corrected chi connectivity index (χ0v) is 20.0. The number of nitrogens with two attached hydrogens (primary N) is 3. The highest BCUT2D eigenvalue weighted by atomic mass is 16.4. The molecule has 5 amide bonds. The number of carbonyl (C=O) groups excluding carboxylic acids is 5. The summed E-state index contributed by atoms with van der Waals surface area (Å²) in [6.07, 6.45) is -2.82. The normalized spacial score (nSPS) is 14.8. The highest BCUT2D eigenvalue weighted by molar-refractivity contribution is 5.96. The largest absolute Gasteiger partial charge is 0.508 e. The lowest BCUT2D eigenvalue weighted by atomic mass is 10.0. The summed E-state index contributed by atoms with van der Waals surface area (Å²) < 4.78 is 0. The molecule has 0 bridgehead atoms. The molecular formula is C22H32N6O9. The summed E-state index contributed by atoms with van der Waals surface area (Å²) in [5.41, 5.74) is 16.3. The van der Waals surface area contributed by atoms with E-state index in [1.165, 1.54) is 31.2 Å². The number of carboxylic acids is 1. The third kappa shape index (κ3) is 10.9. The number of phenolic OH excluding ortho intramolecular Hbond substituents is 1. The number of phenols is 1. The summed E-state index contributed by atoms with van der Waals surface area (Å²) >= 11 is 0. The fourth-order valence-electron chi connectivity index (χ4n) is 3.07. The number of carbonyl (C=O) groups is 6. The molecule has 0 saturated carbocycles. The van der Waals surface area contributed by atoms with Crippen molar-refractivity contribution in [1.82, 2.24) is 16.0 Å². The number of aromatic hydroxyl groups is 1. The second kappa shape index (κ2) is 14.4. The summed E-state index contributed by atoms with van der Waals surface area (Å²) in [5.74, 6) is -6.26. The molecule has 0 radical (unpaired) electrons. The molecule has 0 fully saturated rings. The zero-order chi connectivity index (χ0) is 28.3. The zero-order valence-electron chi connectivity index (χ0n) is 20.0. The van der Waals surface area contributed by atoms with E-state index in [1.54, 1.807) is 0 Å². The van der Waals surface area contributed by atoms with Crippen molar-refractivity contribution in [2.24, 2.45) is 17.2 Å². The minimum atomic E-state index is -1.63. The molecule has 0 spiro atoms. The molecule has 0 aliphatic carbocycles. The number of aliphatic carboxylic acids is 1. The fraction of sp³-hybridized carbons (Fsp3) is 0.455. The minimum absolute atomic E-state index is 0.0451. The van der Waals surface area contributed by atoms with Crippen LogP contribution in [0.4, 0.5) is 0 Å². The van der Waals surface area contributed by atoms with Gasteiger partial charge in [0.25, 0.3) is 0 Å². The molecule has 0 aliphatic rings. The van der Waals surface area contributed by atoms with Crippen molar-refractivity contribution in [3.63, 3.8) is 0 Å². The molecule has 12 N–H and O–H groups in total. The second-order valence-electron chi connectivity index (χ2n) is 8.33. The van der Waals surface area contributed by atoms with Gasteiger partial charge in [0, 0.05) is 12.8 Å². The molecule has 1 aromatic carbocycles. The standard InChI is InChI=1S/C22H32N6O9/c1-10(29)18(25)21(35)26-13(6-7-16(23)31)19(33)27-14(9-17(24)32)20(34)28-15(22(36)37)8-11-2-4-12(30)5-3-11/h2-5,10,13-15,18,29-30H,6-9,25H2,1H3,(H2,23,31)(H2,24,32)(H,26,35)(H,27,33)(H,28,34)(H,36,37)/t10-,13+,14+,15+,18+/m1/s1. The fourth-order valence-corrected chi connectivity index (χ4v) is 3.07. The molecular weight excluding hydrogens is 492 g/mol. The first-order valence-electron chi connectivity index (χ1n) is 11.1. The predicted molar refractivity (Wildman–Crippen MR) is 127 cm³/mol. The first-order chi connectivity index (χ1) is 17.2. The molecule has 0 saturated heterocycles. The van der Waals surface area contributed by atoms with Crippen molar-refractivity contribution in [2.75, 3.05) is 0 Å². The van der Waals surface area contributed by atoms with Gasteiger partial charge in [0.1, 0.15) is 29.9 Å². The van der Waals surface area contributed by atoms with E-state index in [0.29, 0.717) is 5.56 Å². The van der Waals surface area contributed by atoms with Gasteiger partial charge in [-0.15, -0.1) is 0 Å². The van der Waals surface area contributed by atoms with Gasteiger partial charge < -0.3 is 48.5 Å². The maximum atomic E-state index is 12.9. The maximum absolute atomic E-state index is 12.9. The quantitative estimate of drug-likeness (QED) is 0.108. The van der Waals surface area contributed by atoms with Crippen LogP contribution < -0.4 is 33.2 Å². The highest BCUT2D eigenvalue weighted by Gasteiger charge is 2.32. The molecule has 1 rings (SSSR count). The average molecular weight is 525 g/mol. The van der Waals surface area contributed by atoms with Crippen molar-refractivity contribution in [1.29, 1.82) is 0 Å². The summed E-state index contributed by atoms with van der Waals surface area (Å²) in [6.45, 7) is 1.24. The number of nitrogens with one attached hydrogen (secondary N) is 3. The van der Waals surface area contributed by atoms with Crippen molar-refractivity contribution in [3.05, 3.63) is 29.8 Å². The smallest absolute Gasteiger partial charge is 0.326 e. The van der Waals surface area contributed by atoms with Gasteiger partial charge in [-0.3, -0.25) is 24.0 Å². The number of hydrogen-bond acceptors (Lipinski definition) is 9. The molecule has 1 aromatic rings. The number of amides is 5. The van der Waals surface area contributed by atoms with Gasteiger partial charge in [-0.1, -0.05) is 12.1 Å². The van der Waals surface area contributed by atoms with E-state index in [4.69, 9.17) is 17.2 Å². The van der Waals surface area contributed by atoms with Gasteiger partial charge in [-0.25, -0.2) is 4.79 Å². The van der Waals surface area contributed by atoms with Crippen LogP contribution in [0.5, 0.6) is 5.75 Å².